The number of carbonyl (C=O) groups excluding carboxylic acids is 2. The predicted molar refractivity (Wildman–Crippen MR) is 124 cm³/mol. The maximum absolute atomic E-state index is 14.0. The van der Waals surface area contributed by atoms with Crippen molar-refractivity contribution in [2.45, 2.75) is 52.2 Å². The molecule has 1 aliphatic rings. The Morgan fingerprint density at radius 2 is 1.97 bits per heavy atom. The molecule has 0 bridgehead atoms. The molecule has 0 radical (unpaired) electrons. The quantitative estimate of drug-likeness (QED) is 0.611. The maximum Gasteiger partial charge on any atom is 0.410 e. The predicted octanol–water partition coefficient (Wildman–Crippen LogP) is 5.54. The second-order valence-corrected chi connectivity index (χ2v) is 9.54. The van der Waals surface area contributed by atoms with E-state index in [1.165, 1.54) is 18.2 Å². The Bertz CT molecular complexity index is 991. The number of amides is 2. The molecule has 1 fully saturated rings. The van der Waals surface area contributed by atoms with Crippen LogP contribution in [0.15, 0.2) is 36.4 Å². The number of nitrogens with zero attached hydrogens (tertiary/aromatic N) is 2. The van der Waals surface area contributed by atoms with E-state index in [0.29, 0.717) is 19.0 Å². The zero-order valence-electron chi connectivity index (χ0n) is 19.2. The normalized spacial score (nSPS) is 18.5. The number of piperidine rings is 1. The molecule has 1 saturated heterocycles. The zero-order valence-corrected chi connectivity index (χ0v) is 20.0. The summed E-state index contributed by atoms with van der Waals surface area (Å²) >= 11 is 5.95. The first-order valence-electron chi connectivity index (χ1n) is 10.9. The number of halogens is 2. The first-order chi connectivity index (χ1) is 15.5. The van der Waals surface area contributed by atoms with E-state index < -0.39 is 17.3 Å². The van der Waals surface area contributed by atoms with Gasteiger partial charge in [-0.1, -0.05) is 23.7 Å². The minimum Gasteiger partial charge on any atom is -0.477 e. The van der Waals surface area contributed by atoms with Crippen molar-refractivity contribution in [3.8, 4) is 5.88 Å². The number of hydrogen-bond donors (Lipinski definition) is 1. The smallest absolute Gasteiger partial charge is 0.410 e. The summed E-state index contributed by atoms with van der Waals surface area (Å²) in [7, 11) is 0. The van der Waals surface area contributed by atoms with Crippen LogP contribution in [0.4, 0.5) is 15.0 Å². The maximum atomic E-state index is 14.0. The van der Waals surface area contributed by atoms with Gasteiger partial charge in [0.15, 0.2) is 0 Å². The number of hydrogen-bond acceptors (Lipinski definition) is 5. The van der Waals surface area contributed by atoms with Gasteiger partial charge in [-0.2, -0.15) is 4.98 Å². The summed E-state index contributed by atoms with van der Waals surface area (Å²) in [4.78, 5) is 30.8. The minimum absolute atomic E-state index is 0.0201. The molecule has 1 N–H and O–H groups in total. The molecule has 2 amide bonds. The Kier molecular flexibility index (Phi) is 7.79. The Morgan fingerprint density at radius 3 is 2.64 bits per heavy atom. The Morgan fingerprint density at radius 1 is 1.24 bits per heavy atom. The third kappa shape index (κ3) is 6.81. The molecular formula is C24H29ClFN3O4. The molecule has 2 aromatic rings. The summed E-state index contributed by atoms with van der Waals surface area (Å²) in [6.45, 7) is 8.57. The first-order valence-corrected chi connectivity index (χ1v) is 11.3. The lowest BCUT2D eigenvalue weighted by Gasteiger charge is -2.38. The second-order valence-electron chi connectivity index (χ2n) is 9.14. The zero-order chi connectivity index (χ0) is 24.2. The number of aromatic nitrogens is 1. The molecule has 9 heteroatoms. The number of anilines is 1. The van der Waals surface area contributed by atoms with E-state index in [1.54, 1.807) is 23.1 Å². The van der Waals surface area contributed by atoms with Crippen LogP contribution in [0.5, 0.6) is 5.88 Å². The number of rotatable bonds is 5. The van der Waals surface area contributed by atoms with Crippen molar-refractivity contribution in [3.63, 3.8) is 0 Å². The van der Waals surface area contributed by atoms with E-state index in [1.807, 2.05) is 27.7 Å². The second kappa shape index (κ2) is 10.4. The van der Waals surface area contributed by atoms with Crippen LogP contribution in [-0.4, -0.2) is 46.7 Å². The van der Waals surface area contributed by atoms with Crippen LogP contribution < -0.4 is 10.1 Å². The van der Waals surface area contributed by atoms with Crippen molar-refractivity contribution in [1.82, 2.24) is 9.88 Å². The molecule has 0 aliphatic carbocycles. The number of carbonyl (C=O) groups is 2. The van der Waals surface area contributed by atoms with E-state index >= 15 is 0 Å². The molecule has 1 aromatic carbocycles. The van der Waals surface area contributed by atoms with Crippen molar-refractivity contribution in [2.24, 2.45) is 5.92 Å². The minimum atomic E-state index is -0.709. The molecule has 7 nitrogen and oxygen atoms in total. The Labute approximate surface area is 198 Å². The third-order valence-electron chi connectivity index (χ3n) is 5.23. The lowest BCUT2D eigenvalue weighted by molar-refractivity contribution is 0.00429. The highest BCUT2D eigenvalue weighted by molar-refractivity contribution is 6.34. The largest absolute Gasteiger partial charge is 0.477 e. The number of pyridine rings is 1. The highest BCUT2D eigenvalue weighted by atomic mass is 35.5. The molecule has 33 heavy (non-hydrogen) atoms. The number of benzene rings is 1. The third-order valence-corrected chi connectivity index (χ3v) is 5.55. The summed E-state index contributed by atoms with van der Waals surface area (Å²) in [6.07, 6.45) is 1.27. The van der Waals surface area contributed by atoms with Gasteiger partial charge in [-0.05, 0) is 64.7 Å². The summed E-state index contributed by atoms with van der Waals surface area (Å²) < 4.78 is 25.3. The molecular weight excluding hydrogens is 449 g/mol. The van der Waals surface area contributed by atoms with Crippen LogP contribution in [0, 0.1) is 11.7 Å². The lowest BCUT2D eigenvalue weighted by Crippen LogP contribution is -2.47. The number of ether oxygens (including phenoxy) is 2. The van der Waals surface area contributed by atoms with Gasteiger partial charge in [0.25, 0.3) is 5.91 Å². The van der Waals surface area contributed by atoms with Crippen LogP contribution in [-0.2, 0) is 4.74 Å². The monoisotopic (exact) mass is 477 g/mol. The van der Waals surface area contributed by atoms with Gasteiger partial charge in [0, 0.05) is 18.7 Å². The van der Waals surface area contributed by atoms with Gasteiger partial charge in [-0.15, -0.1) is 0 Å². The van der Waals surface area contributed by atoms with Crippen LogP contribution in [0.2, 0.25) is 5.02 Å². The molecule has 1 aliphatic heterocycles. The van der Waals surface area contributed by atoms with Crippen molar-refractivity contribution >= 4 is 29.4 Å². The van der Waals surface area contributed by atoms with E-state index in [0.717, 1.165) is 12.8 Å². The van der Waals surface area contributed by atoms with E-state index in [-0.39, 0.29) is 34.5 Å². The van der Waals surface area contributed by atoms with Gasteiger partial charge in [-0.25, -0.2) is 9.18 Å². The van der Waals surface area contributed by atoms with Gasteiger partial charge in [0.1, 0.15) is 17.2 Å². The molecule has 0 unspecified atom stereocenters. The SMILES string of the molecule is C[C@H]1C[C@@H](COc2cccc(NC(=O)c3c(F)cccc3Cl)n2)CCN1C(=O)OC(C)(C)C. The Balaban J connectivity index is 1.54. The summed E-state index contributed by atoms with van der Waals surface area (Å²) in [6, 6.07) is 9.04. The highest BCUT2D eigenvalue weighted by Gasteiger charge is 2.32. The fraction of sp³-hybridized carbons (Fsp3) is 0.458. The average Bonchev–Trinajstić information content (AvgIpc) is 2.71. The average molecular weight is 478 g/mol. The highest BCUT2D eigenvalue weighted by Crippen LogP contribution is 2.26. The fourth-order valence-electron chi connectivity index (χ4n) is 3.67. The van der Waals surface area contributed by atoms with Crippen LogP contribution in [0.25, 0.3) is 0 Å². The standard InChI is InChI=1S/C24H29ClFN3O4/c1-15-13-16(11-12-29(15)23(31)33-24(2,3)4)14-32-20-10-6-9-19(27-20)28-22(30)21-17(25)7-5-8-18(21)26/h5-10,15-16H,11-14H2,1-4H3,(H,27,28,30)/t15-,16-/m0/s1. The summed E-state index contributed by atoms with van der Waals surface area (Å²) in [5, 5.41) is 2.57. The van der Waals surface area contributed by atoms with Gasteiger partial charge >= 0.3 is 6.09 Å². The summed E-state index contributed by atoms with van der Waals surface area (Å²) in [5.74, 6) is -0.583. The van der Waals surface area contributed by atoms with Crippen LogP contribution in [0.1, 0.15) is 50.9 Å². The van der Waals surface area contributed by atoms with Crippen molar-refractivity contribution in [2.75, 3.05) is 18.5 Å². The molecule has 1 aromatic heterocycles. The van der Waals surface area contributed by atoms with Crippen molar-refractivity contribution in [3.05, 3.63) is 52.8 Å². The van der Waals surface area contributed by atoms with Gasteiger partial charge in [0.2, 0.25) is 5.88 Å². The van der Waals surface area contributed by atoms with Crippen LogP contribution in [0.3, 0.4) is 0 Å². The molecule has 178 valence electrons. The van der Waals surface area contributed by atoms with Crippen molar-refractivity contribution in [1.29, 1.82) is 0 Å². The fourth-order valence-corrected chi connectivity index (χ4v) is 3.92. The van der Waals surface area contributed by atoms with E-state index in [9.17, 15) is 14.0 Å². The Hall–Kier alpha value is -2.87. The van der Waals surface area contributed by atoms with Crippen molar-refractivity contribution < 1.29 is 23.5 Å². The number of nitrogens with one attached hydrogen (secondary N) is 1. The van der Waals surface area contributed by atoms with E-state index in [2.05, 4.69) is 10.3 Å². The molecule has 2 atom stereocenters. The first kappa shape index (κ1) is 24.8. The van der Waals surface area contributed by atoms with Gasteiger partial charge < -0.3 is 19.7 Å². The van der Waals surface area contributed by atoms with Gasteiger partial charge in [0.05, 0.1) is 17.2 Å². The molecule has 3 rings (SSSR count). The molecule has 0 spiro atoms. The molecule has 0 saturated carbocycles. The van der Waals surface area contributed by atoms with Gasteiger partial charge in [-0.3, -0.25) is 4.79 Å². The topological polar surface area (TPSA) is 80.8 Å². The van der Waals surface area contributed by atoms with Crippen LogP contribution >= 0.6 is 11.6 Å². The van der Waals surface area contributed by atoms with E-state index in [4.69, 9.17) is 21.1 Å². The molecule has 2 heterocycles. The summed E-state index contributed by atoms with van der Waals surface area (Å²) in [5.41, 5.74) is -0.765. The lowest BCUT2D eigenvalue weighted by atomic mass is 9.92. The number of likely N-dealkylation sites (tertiary alicyclic amines) is 1.